The minimum atomic E-state index is 0.0227. The Morgan fingerprint density at radius 2 is 2.22 bits per heavy atom. The maximum Gasteiger partial charge on any atom is 0.221 e. The first-order valence-electron chi connectivity index (χ1n) is 9.37. The molecule has 1 amide bonds. The number of hydrogen-bond acceptors (Lipinski definition) is 5. The van der Waals surface area contributed by atoms with Crippen molar-refractivity contribution in [1.29, 1.82) is 0 Å². The van der Waals surface area contributed by atoms with Crippen molar-refractivity contribution in [3.63, 3.8) is 0 Å². The number of nitrogens with one attached hydrogen (secondary N) is 2. The molecule has 0 bridgehead atoms. The maximum atomic E-state index is 11.7. The van der Waals surface area contributed by atoms with Crippen LogP contribution in [-0.4, -0.2) is 36.9 Å². The summed E-state index contributed by atoms with van der Waals surface area (Å²) < 4.78 is 5.95. The highest BCUT2D eigenvalue weighted by Gasteiger charge is 2.29. The SMILES string of the molecule is CN/C=C(\c1cc2c(OCC3CCC(=O)N3)nccc2cc1C=O)C1CC1. The number of amides is 1. The number of benzene rings is 1. The first-order valence-corrected chi connectivity index (χ1v) is 9.37. The first kappa shape index (κ1) is 17.5. The molecule has 4 rings (SSSR count). The lowest BCUT2D eigenvalue weighted by Crippen LogP contribution is -2.31. The summed E-state index contributed by atoms with van der Waals surface area (Å²) in [6, 6.07) is 5.81. The molecule has 0 spiro atoms. The highest BCUT2D eigenvalue weighted by Crippen LogP contribution is 2.43. The van der Waals surface area contributed by atoms with E-state index in [1.165, 1.54) is 0 Å². The van der Waals surface area contributed by atoms with Crippen LogP contribution in [0.3, 0.4) is 0 Å². The summed E-state index contributed by atoms with van der Waals surface area (Å²) in [7, 11) is 1.87. The minimum absolute atomic E-state index is 0.0227. The molecule has 2 fully saturated rings. The molecule has 1 saturated heterocycles. The van der Waals surface area contributed by atoms with E-state index in [4.69, 9.17) is 4.74 Å². The number of aromatic nitrogens is 1. The van der Waals surface area contributed by atoms with Crippen molar-refractivity contribution >= 4 is 28.5 Å². The normalized spacial score (nSPS) is 19.8. The van der Waals surface area contributed by atoms with Gasteiger partial charge >= 0.3 is 0 Å². The van der Waals surface area contributed by atoms with E-state index >= 15 is 0 Å². The van der Waals surface area contributed by atoms with E-state index in [2.05, 4.69) is 15.6 Å². The van der Waals surface area contributed by atoms with Crippen LogP contribution < -0.4 is 15.4 Å². The molecule has 1 aromatic carbocycles. The van der Waals surface area contributed by atoms with Gasteiger partial charge in [-0.15, -0.1) is 0 Å². The van der Waals surface area contributed by atoms with Gasteiger partial charge in [0.25, 0.3) is 0 Å². The quantitative estimate of drug-likeness (QED) is 0.738. The first-order chi connectivity index (χ1) is 13.2. The molecular formula is C21H23N3O3. The van der Waals surface area contributed by atoms with Gasteiger partial charge in [-0.25, -0.2) is 4.98 Å². The van der Waals surface area contributed by atoms with E-state index in [9.17, 15) is 9.59 Å². The van der Waals surface area contributed by atoms with Crippen molar-refractivity contribution in [2.75, 3.05) is 13.7 Å². The Kier molecular flexibility index (Phi) is 4.79. The fraction of sp³-hybridized carbons (Fsp3) is 0.381. The molecule has 1 aliphatic carbocycles. The van der Waals surface area contributed by atoms with Crippen molar-refractivity contribution in [2.24, 2.45) is 5.92 Å². The van der Waals surface area contributed by atoms with Crippen LogP contribution >= 0.6 is 0 Å². The zero-order chi connectivity index (χ0) is 18.8. The summed E-state index contributed by atoms with van der Waals surface area (Å²) in [5.74, 6) is 1.09. The van der Waals surface area contributed by atoms with Crippen molar-refractivity contribution in [3.05, 3.63) is 41.7 Å². The van der Waals surface area contributed by atoms with E-state index in [0.717, 1.165) is 47.5 Å². The number of allylic oxidation sites excluding steroid dienone is 1. The molecule has 2 heterocycles. The van der Waals surface area contributed by atoms with E-state index < -0.39 is 0 Å². The molecule has 2 N–H and O–H groups in total. The molecule has 1 unspecified atom stereocenters. The largest absolute Gasteiger partial charge is 0.475 e. The summed E-state index contributed by atoms with van der Waals surface area (Å²) >= 11 is 0. The van der Waals surface area contributed by atoms with Gasteiger partial charge in [-0.05, 0) is 59.9 Å². The Labute approximate surface area is 158 Å². The van der Waals surface area contributed by atoms with Gasteiger partial charge in [0.15, 0.2) is 6.29 Å². The van der Waals surface area contributed by atoms with Gasteiger partial charge < -0.3 is 15.4 Å². The molecule has 2 aliphatic rings. The summed E-state index contributed by atoms with van der Waals surface area (Å²) in [4.78, 5) is 27.5. The van der Waals surface area contributed by atoms with Crippen LogP contribution in [0.5, 0.6) is 5.88 Å². The smallest absolute Gasteiger partial charge is 0.221 e. The zero-order valence-electron chi connectivity index (χ0n) is 15.3. The average molecular weight is 365 g/mol. The molecule has 1 aliphatic heterocycles. The summed E-state index contributed by atoms with van der Waals surface area (Å²) in [6.45, 7) is 0.393. The predicted octanol–water partition coefficient (Wildman–Crippen LogP) is 2.68. The van der Waals surface area contributed by atoms with E-state index in [0.29, 0.717) is 30.4 Å². The van der Waals surface area contributed by atoms with Crippen LogP contribution in [0.2, 0.25) is 0 Å². The van der Waals surface area contributed by atoms with E-state index in [1.54, 1.807) is 6.20 Å². The highest BCUT2D eigenvalue weighted by atomic mass is 16.5. The number of hydrogen-bond donors (Lipinski definition) is 2. The monoisotopic (exact) mass is 365 g/mol. The van der Waals surface area contributed by atoms with Crippen LogP contribution in [-0.2, 0) is 4.79 Å². The molecular weight excluding hydrogens is 342 g/mol. The number of rotatable bonds is 7. The van der Waals surface area contributed by atoms with Gasteiger partial charge in [0.1, 0.15) is 6.61 Å². The van der Waals surface area contributed by atoms with Crippen LogP contribution in [0.15, 0.2) is 30.6 Å². The third-order valence-corrected chi connectivity index (χ3v) is 5.16. The van der Waals surface area contributed by atoms with Crippen LogP contribution in [0.25, 0.3) is 16.3 Å². The van der Waals surface area contributed by atoms with Gasteiger partial charge in [0.05, 0.1) is 6.04 Å². The fourth-order valence-electron chi connectivity index (χ4n) is 3.62. The third kappa shape index (κ3) is 3.65. The number of carbonyl (C=O) groups excluding carboxylic acids is 2. The van der Waals surface area contributed by atoms with Gasteiger partial charge in [-0.2, -0.15) is 0 Å². The molecule has 2 aromatic rings. The maximum absolute atomic E-state index is 11.7. The van der Waals surface area contributed by atoms with Gasteiger partial charge in [-0.3, -0.25) is 9.59 Å². The number of carbonyl (C=O) groups is 2. The average Bonchev–Trinajstić information content (AvgIpc) is 3.44. The Morgan fingerprint density at radius 1 is 1.37 bits per heavy atom. The van der Waals surface area contributed by atoms with Crippen LogP contribution in [0.1, 0.15) is 41.6 Å². The van der Waals surface area contributed by atoms with Crippen molar-refractivity contribution in [3.8, 4) is 5.88 Å². The summed E-state index contributed by atoms with van der Waals surface area (Å²) in [6.07, 6.45) is 8.18. The van der Waals surface area contributed by atoms with Crippen molar-refractivity contribution in [2.45, 2.75) is 31.7 Å². The Hall–Kier alpha value is -2.89. The second-order valence-electron chi connectivity index (χ2n) is 7.17. The predicted molar refractivity (Wildman–Crippen MR) is 104 cm³/mol. The zero-order valence-corrected chi connectivity index (χ0v) is 15.3. The fourth-order valence-corrected chi connectivity index (χ4v) is 3.62. The Bertz CT molecular complexity index is 918. The van der Waals surface area contributed by atoms with Gasteiger partial charge in [0, 0.05) is 36.8 Å². The van der Waals surface area contributed by atoms with E-state index in [-0.39, 0.29) is 11.9 Å². The molecule has 6 heteroatoms. The number of pyridine rings is 1. The Balaban J connectivity index is 1.70. The van der Waals surface area contributed by atoms with E-state index in [1.807, 2.05) is 31.4 Å². The molecule has 1 aromatic heterocycles. The van der Waals surface area contributed by atoms with Crippen LogP contribution in [0.4, 0.5) is 0 Å². The second-order valence-corrected chi connectivity index (χ2v) is 7.17. The number of aldehydes is 1. The van der Waals surface area contributed by atoms with Crippen LogP contribution in [0, 0.1) is 5.92 Å². The molecule has 27 heavy (non-hydrogen) atoms. The molecule has 1 saturated carbocycles. The Morgan fingerprint density at radius 3 is 2.89 bits per heavy atom. The van der Waals surface area contributed by atoms with Crippen molar-refractivity contribution in [1.82, 2.24) is 15.6 Å². The number of fused-ring (bicyclic) bond motifs is 1. The van der Waals surface area contributed by atoms with Gasteiger partial charge in [0.2, 0.25) is 11.8 Å². The molecule has 140 valence electrons. The standard InChI is InChI=1S/C21H23N3O3/c1-22-10-19(13-2-3-13)17-9-18-14(8-15(17)11-25)6-7-23-21(18)27-12-16-4-5-20(26)24-16/h6-11,13,16,22H,2-5,12H2,1H3,(H,24,26)/b19-10-. The number of nitrogens with zero attached hydrogens (tertiary/aromatic N) is 1. The lowest BCUT2D eigenvalue weighted by Gasteiger charge is -2.15. The number of ether oxygens (including phenoxy) is 1. The topological polar surface area (TPSA) is 80.3 Å². The van der Waals surface area contributed by atoms with Gasteiger partial charge in [-0.1, -0.05) is 0 Å². The molecule has 0 radical (unpaired) electrons. The van der Waals surface area contributed by atoms with Crippen molar-refractivity contribution < 1.29 is 14.3 Å². The second kappa shape index (κ2) is 7.39. The lowest BCUT2D eigenvalue weighted by molar-refractivity contribution is -0.119. The molecule has 6 nitrogen and oxygen atoms in total. The summed E-state index contributed by atoms with van der Waals surface area (Å²) in [5.41, 5.74) is 2.76. The minimum Gasteiger partial charge on any atom is -0.475 e. The summed E-state index contributed by atoms with van der Waals surface area (Å²) in [5, 5.41) is 7.80. The lowest BCUT2D eigenvalue weighted by atomic mass is 9.94. The molecule has 1 atom stereocenters. The third-order valence-electron chi connectivity index (χ3n) is 5.16. The highest BCUT2D eigenvalue weighted by molar-refractivity contribution is 5.97.